The fourth-order valence-corrected chi connectivity index (χ4v) is 2.24. The Bertz CT molecular complexity index is 246. The lowest BCUT2D eigenvalue weighted by Crippen LogP contribution is -2.51. The molecule has 0 aromatic rings. The van der Waals surface area contributed by atoms with E-state index in [1.54, 1.807) is 13.8 Å². The first-order valence-corrected chi connectivity index (χ1v) is 6.27. The third kappa shape index (κ3) is 2.57. The number of carbonyl (C=O) groups excluding carboxylic acids is 1. The van der Waals surface area contributed by atoms with Crippen molar-refractivity contribution in [2.24, 2.45) is 5.92 Å². The summed E-state index contributed by atoms with van der Waals surface area (Å²) >= 11 is 0. The first kappa shape index (κ1) is 13.5. The molecule has 1 aliphatic carbocycles. The van der Waals surface area contributed by atoms with Crippen LogP contribution in [0.15, 0.2) is 0 Å². The molecule has 1 unspecified atom stereocenters. The molecule has 0 aliphatic heterocycles. The molecular formula is C13H24O3. The van der Waals surface area contributed by atoms with Crippen LogP contribution in [0.4, 0.5) is 0 Å². The summed E-state index contributed by atoms with van der Waals surface area (Å²) in [6.07, 6.45) is 4.38. The van der Waals surface area contributed by atoms with E-state index in [0.29, 0.717) is 0 Å². The van der Waals surface area contributed by atoms with Crippen molar-refractivity contribution < 1.29 is 14.6 Å². The Morgan fingerprint density at radius 2 is 1.94 bits per heavy atom. The third-order valence-corrected chi connectivity index (χ3v) is 3.84. The molecular weight excluding hydrogens is 204 g/mol. The summed E-state index contributed by atoms with van der Waals surface area (Å²) in [6, 6.07) is 0. The standard InChI is InChI=1S/C13H24O3/c1-5-10(2)11(14)16-13(12(3,4)15)8-6-7-9-13/h10,15H,5-9H2,1-4H3. The summed E-state index contributed by atoms with van der Waals surface area (Å²) in [4.78, 5) is 11.8. The van der Waals surface area contributed by atoms with Gasteiger partial charge in [0.25, 0.3) is 0 Å². The van der Waals surface area contributed by atoms with Gasteiger partial charge in [-0.25, -0.2) is 0 Å². The van der Waals surface area contributed by atoms with Crippen LogP contribution < -0.4 is 0 Å². The van der Waals surface area contributed by atoms with Crippen molar-refractivity contribution in [3.63, 3.8) is 0 Å². The fourth-order valence-electron chi connectivity index (χ4n) is 2.24. The molecule has 0 aromatic carbocycles. The van der Waals surface area contributed by atoms with Gasteiger partial charge in [0.05, 0.1) is 11.5 Å². The zero-order valence-corrected chi connectivity index (χ0v) is 10.9. The molecule has 0 amide bonds. The Hall–Kier alpha value is -0.570. The van der Waals surface area contributed by atoms with E-state index in [-0.39, 0.29) is 11.9 Å². The number of carbonyl (C=O) groups is 1. The molecule has 0 spiro atoms. The van der Waals surface area contributed by atoms with Crippen molar-refractivity contribution in [3.05, 3.63) is 0 Å². The van der Waals surface area contributed by atoms with Gasteiger partial charge in [-0.05, 0) is 46.0 Å². The van der Waals surface area contributed by atoms with E-state index in [1.165, 1.54) is 0 Å². The number of esters is 1. The first-order chi connectivity index (χ1) is 7.32. The highest BCUT2D eigenvalue weighted by atomic mass is 16.6. The number of rotatable bonds is 4. The maximum Gasteiger partial charge on any atom is 0.309 e. The van der Waals surface area contributed by atoms with Gasteiger partial charge >= 0.3 is 5.97 Å². The lowest BCUT2D eigenvalue weighted by atomic mass is 9.84. The minimum absolute atomic E-state index is 0.0835. The molecule has 1 N–H and O–H groups in total. The van der Waals surface area contributed by atoms with E-state index in [4.69, 9.17) is 4.74 Å². The van der Waals surface area contributed by atoms with E-state index >= 15 is 0 Å². The second-order valence-corrected chi connectivity index (χ2v) is 5.49. The maximum absolute atomic E-state index is 11.8. The third-order valence-electron chi connectivity index (χ3n) is 3.84. The van der Waals surface area contributed by atoms with Gasteiger partial charge in [0.15, 0.2) is 0 Å². The molecule has 16 heavy (non-hydrogen) atoms. The van der Waals surface area contributed by atoms with Crippen LogP contribution in [0, 0.1) is 5.92 Å². The lowest BCUT2D eigenvalue weighted by Gasteiger charge is -2.40. The van der Waals surface area contributed by atoms with Crippen molar-refractivity contribution in [3.8, 4) is 0 Å². The van der Waals surface area contributed by atoms with Crippen LogP contribution in [-0.4, -0.2) is 22.3 Å². The Morgan fingerprint density at radius 1 is 1.44 bits per heavy atom. The lowest BCUT2D eigenvalue weighted by molar-refractivity contribution is -0.192. The van der Waals surface area contributed by atoms with Crippen molar-refractivity contribution in [2.45, 2.75) is 71.0 Å². The summed E-state index contributed by atoms with van der Waals surface area (Å²) in [5.41, 5.74) is -1.61. The van der Waals surface area contributed by atoms with Crippen LogP contribution in [-0.2, 0) is 9.53 Å². The summed E-state index contributed by atoms with van der Waals surface area (Å²) in [7, 11) is 0. The van der Waals surface area contributed by atoms with Gasteiger partial charge in [-0.2, -0.15) is 0 Å². The Kier molecular flexibility index (Phi) is 4.00. The predicted octanol–water partition coefficient (Wildman–Crippen LogP) is 2.66. The Labute approximate surface area is 98.2 Å². The zero-order valence-electron chi connectivity index (χ0n) is 10.9. The second-order valence-electron chi connectivity index (χ2n) is 5.49. The highest BCUT2D eigenvalue weighted by molar-refractivity contribution is 5.72. The summed E-state index contributed by atoms with van der Waals surface area (Å²) < 4.78 is 5.63. The van der Waals surface area contributed by atoms with Gasteiger partial charge in [-0.3, -0.25) is 4.79 Å². The minimum Gasteiger partial charge on any atom is -0.456 e. The molecule has 1 saturated carbocycles. The second kappa shape index (κ2) is 4.74. The van der Waals surface area contributed by atoms with Crippen molar-refractivity contribution in [1.29, 1.82) is 0 Å². The maximum atomic E-state index is 11.8. The van der Waals surface area contributed by atoms with Crippen LogP contribution in [0.3, 0.4) is 0 Å². The number of hydrogen-bond acceptors (Lipinski definition) is 3. The molecule has 0 saturated heterocycles. The first-order valence-electron chi connectivity index (χ1n) is 6.27. The number of ether oxygens (including phenoxy) is 1. The van der Waals surface area contributed by atoms with Gasteiger partial charge in [0, 0.05) is 0 Å². The molecule has 3 heteroatoms. The van der Waals surface area contributed by atoms with E-state index in [1.807, 2.05) is 13.8 Å². The SMILES string of the molecule is CCC(C)C(=O)OC1(C(C)(C)O)CCCC1. The minimum atomic E-state index is -0.952. The number of hydrogen-bond donors (Lipinski definition) is 1. The normalized spacial score (nSPS) is 21.8. The Balaban J connectivity index is 2.77. The molecule has 0 aromatic heterocycles. The van der Waals surface area contributed by atoms with Gasteiger partial charge in [0.1, 0.15) is 5.60 Å². The highest BCUT2D eigenvalue weighted by Gasteiger charge is 2.49. The summed E-state index contributed by atoms with van der Waals surface area (Å²) in [6.45, 7) is 7.32. The van der Waals surface area contributed by atoms with E-state index in [0.717, 1.165) is 32.1 Å². The molecule has 0 bridgehead atoms. The van der Waals surface area contributed by atoms with Crippen molar-refractivity contribution >= 4 is 5.97 Å². The number of aliphatic hydroxyl groups is 1. The monoisotopic (exact) mass is 228 g/mol. The average molecular weight is 228 g/mol. The molecule has 0 radical (unpaired) electrons. The van der Waals surface area contributed by atoms with E-state index in [9.17, 15) is 9.90 Å². The fraction of sp³-hybridized carbons (Fsp3) is 0.923. The van der Waals surface area contributed by atoms with Crippen molar-refractivity contribution in [1.82, 2.24) is 0 Å². The van der Waals surface area contributed by atoms with Crippen molar-refractivity contribution in [2.75, 3.05) is 0 Å². The molecule has 0 heterocycles. The van der Waals surface area contributed by atoms with Crippen LogP contribution >= 0.6 is 0 Å². The van der Waals surface area contributed by atoms with Crippen LogP contribution in [0.5, 0.6) is 0 Å². The highest BCUT2D eigenvalue weighted by Crippen LogP contribution is 2.42. The van der Waals surface area contributed by atoms with Gasteiger partial charge < -0.3 is 9.84 Å². The molecule has 1 fully saturated rings. The quantitative estimate of drug-likeness (QED) is 0.752. The van der Waals surface area contributed by atoms with Gasteiger partial charge in [0.2, 0.25) is 0 Å². The molecule has 3 nitrogen and oxygen atoms in total. The molecule has 1 atom stereocenters. The predicted molar refractivity (Wildman–Crippen MR) is 63.0 cm³/mol. The largest absolute Gasteiger partial charge is 0.456 e. The van der Waals surface area contributed by atoms with Crippen LogP contribution in [0.1, 0.15) is 59.8 Å². The molecule has 1 rings (SSSR count). The zero-order chi connectivity index (χ0) is 12.4. The summed E-state index contributed by atoms with van der Waals surface area (Å²) in [5, 5.41) is 10.2. The van der Waals surface area contributed by atoms with Gasteiger partial charge in [-0.1, -0.05) is 13.8 Å². The van der Waals surface area contributed by atoms with Gasteiger partial charge in [-0.15, -0.1) is 0 Å². The van der Waals surface area contributed by atoms with E-state index in [2.05, 4.69) is 0 Å². The topological polar surface area (TPSA) is 46.5 Å². The van der Waals surface area contributed by atoms with Crippen LogP contribution in [0.25, 0.3) is 0 Å². The summed E-state index contributed by atoms with van der Waals surface area (Å²) in [5.74, 6) is -0.258. The van der Waals surface area contributed by atoms with Crippen LogP contribution in [0.2, 0.25) is 0 Å². The average Bonchev–Trinajstić information content (AvgIpc) is 2.65. The smallest absolute Gasteiger partial charge is 0.309 e. The molecule has 94 valence electrons. The van der Waals surface area contributed by atoms with E-state index < -0.39 is 11.2 Å². The Morgan fingerprint density at radius 3 is 2.31 bits per heavy atom. The molecule has 1 aliphatic rings.